The maximum absolute atomic E-state index is 11.7. The molecule has 1 amide bonds. The largest absolute Gasteiger partial charge is 0.392 e. The maximum Gasteiger partial charge on any atom is 0.327 e. The zero-order chi connectivity index (χ0) is 20.9. The second kappa shape index (κ2) is 20.3. The maximum atomic E-state index is 11.7. The summed E-state index contributed by atoms with van der Waals surface area (Å²) in [4.78, 5) is 33.8. The topological polar surface area (TPSA) is 98.5 Å². The fourth-order valence-corrected chi connectivity index (χ4v) is 3.07. The number of nitrogens with one attached hydrogen (secondary N) is 1. The van der Waals surface area contributed by atoms with Crippen molar-refractivity contribution in [3.05, 3.63) is 0 Å². The minimum Gasteiger partial charge on any atom is -0.392 e. The van der Waals surface area contributed by atoms with Crippen LogP contribution >= 0.6 is 0 Å². The van der Waals surface area contributed by atoms with Crippen molar-refractivity contribution < 1.29 is 19.1 Å². The lowest BCUT2D eigenvalue weighted by atomic mass is 10.0. The lowest BCUT2D eigenvalue weighted by Crippen LogP contribution is -2.25. The van der Waals surface area contributed by atoms with Gasteiger partial charge in [-0.1, -0.05) is 84.0 Å². The van der Waals surface area contributed by atoms with E-state index in [9.17, 15) is 14.4 Å². The van der Waals surface area contributed by atoms with Gasteiger partial charge >= 0.3 is 11.9 Å². The van der Waals surface area contributed by atoms with E-state index in [0.717, 1.165) is 12.8 Å². The molecule has 0 radical (unpaired) electrons. The molecule has 0 aromatic carbocycles. The number of unbranched alkanes of at least 4 members (excludes halogenated alkanes) is 12. The Balaban J connectivity index is 3.29. The summed E-state index contributed by atoms with van der Waals surface area (Å²) < 4.78 is 4.44. The van der Waals surface area contributed by atoms with Gasteiger partial charge in [0.1, 0.15) is 0 Å². The number of esters is 2. The highest BCUT2D eigenvalue weighted by Gasteiger charge is 2.08. The van der Waals surface area contributed by atoms with Gasteiger partial charge in [-0.2, -0.15) is 0 Å². The van der Waals surface area contributed by atoms with Gasteiger partial charge in [0.15, 0.2) is 0 Å². The Bertz CT molecular complexity index is 413. The number of amides is 1. The number of nitrogens with two attached hydrogens (primary N) is 1. The molecule has 0 heterocycles. The molecular weight excluding hydrogens is 356 g/mol. The van der Waals surface area contributed by atoms with Crippen LogP contribution in [0.3, 0.4) is 0 Å². The highest BCUT2D eigenvalue weighted by atomic mass is 16.6. The normalized spacial score (nSPS) is 10.6. The minimum absolute atomic E-state index is 0.0227. The SMILES string of the molecule is CCCCCCCCCCCCCCCC(=O)NCCCC(=O)OC(=O)CN. The monoisotopic (exact) mass is 398 g/mol. The average Bonchev–Trinajstić information content (AvgIpc) is 2.68. The molecule has 28 heavy (non-hydrogen) atoms. The second-order valence-electron chi connectivity index (χ2n) is 7.50. The molecule has 0 aliphatic rings. The van der Waals surface area contributed by atoms with Crippen LogP contribution in [0.4, 0.5) is 0 Å². The molecule has 0 aromatic rings. The van der Waals surface area contributed by atoms with Crippen molar-refractivity contribution in [3.63, 3.8) is 0 Å². The van der Waals surface area contributed by atoms with Crippen LogP contribution in [0.15, 0.2) is 0 Å². The van der Waals surface area contributed by atoms with Crippen LogP contribution in [0.5, 0.6) is 0 Å². The predicted molar refractivity (Wildman–Crippen MR) is 113 cm³/mol. The third-order valence-electron chi connectivity index (χ3n) is 4.78. The lowest BCUT2D eigenvalue weighted by molar-refractivity contribution is -0.158. The molecule has 6 nitrogen and oxygen atoms in total. The van der Waals surface area contributed by atoms with Crippen LogP contribution in [-0.4, -0.2) is 30.9 Å². The van der Waals surface area contributed by atoms with Crippen LogP contribution in [0.1, 0.15) is 110 Å². The molecule has 164 valence electrons. The highest BCUT2D eigenvalue weighted by molar-refractivity contribution is 5.86. The lowest BCUT2D eigenvalue weighted by Gasteiger charge is -2.05. The van der Waals surface area contributed by atoms with E-state index in [1.165, 1.54) is 70.6 Å². The third-order valence-corrected chi connectivity index (χ3v) is 4.78. The molecule has 0 rings (SSSR count). The summed E-state index contributed by atoms with van der Waals surface area (Å²) in [6, 6.07) is 0. The van der Waals surface area contributed by atoms with Gasteiger partial charge in [0.2, 0.25) is 5.91 Å². The van der Waals surface area contributed by atoms with E-state index in [0.29, 0.717) is 19.4 Å². The van der Waals surface area contributed by atoms with Crippen molar-refractivity contribution in [1.82, 2.24) is 5.32 Å². The van der Waals surface area contributed by atoms with Gasteiger partial charge in [0, 0.05) is 19.4 Å². The Kier molecular flexibility index (Phi) is 19.3. The number of ether oxygens (including phenoxy) is 1. The van der Waals surface area contributed by atoms with Crippen molar-refractivity contribution >= 4 is 17.8 Å². The third kappa shape index (κ3) is 19.3. The molecule has 3 N–H and O–H groups in total. The summed E-state index contributed by atoms with van der Waals surface area (Å²) in [6.07, 6.45) is 17.8. The van der Waals surface area contributed by atoms with Gasteiger partial charge in [-0.3, -0.25) is 14.4 Å². The quantitative estimate of drug-likeness (QED) is 0.191. The summed E-state index contributed by atoms with van der Waals surface area (Å²) in [5.74, 6) is -1.30. The summed E-state index contributed by atoms with van der Waals surface area (Å²) >= 11 is 0. The summed E-state index contributed by atoms with van der Waals surface area (Å²) in [6.45, 7) is 2.37. The van der Waals surface area contributed by atoms with Gasteiger partial charge in [0.25, 0.3) is 0 Å². The van der Waals surface area contributed by atoms with E-state index in [2.05, 4.69) is 17.0 Å². The number of hydrogen-bond acceptors (Lipinski definition) is 5. The predicted octanol–water partition coefficient (Wildman–Crippen LogP) is 4.39. The van der Waals surface area contributed by atoms with Crippen molar-refractivity contribution in [2.24, 2.45) is 5.73 Å². The van der Waals surface area contributed by atoms with Crippen LogP contribution in [0, 0.1) is 0 Å². The van der Waals surface area contributed by atoms with Crippen molar-refractivity contribution in [2.45, 2.75) is 110 Å². The Morgan fingerprint density at radius 1 is 0.679 bits per heavy atom. The molecule has 6 heteroatoms. The number of rotatable bonds is 19. The highest BCUT2D eigenvalue weighted by Crippen LogP contribution is 2.12. The van der Waals surface area contributed by atoms with Crippen LogP contribution in [0.2, 0.25) is 0 Å². The molecule has 0 fully saturated rings. The van der Waals surface area contributed by atoms with Gasteiger partial charge < -0.3 is 15.8 Å². The molecule has 0 aliphatic carbocycles. The minimum atomic E-state index is -0.726. The Hall–Kier alpha value is -1.43. The zero-order valence-corrected chi connectivity index (χ0v) is 17.9. The molecule has 0 spiro atoms. The fourth-order valence-electron chi connectivity index (χ4n) is 3.07. The molecule has 0 atom stereocenters. The van der Waals surface area contributed by atoms with Gasteiger partial charge in [-0.15, -0.1) is 0 Å². The van der Waals surface area contributed by atoms with Gasteiger partial charge in [0.05, 0.1) is 6.54 Å². The van der Waals surface area contributed by atoms with Gasteiger partial charge in [-0.05, 0) is 12.8 Å². The second-order valence-corrected chi connectivity index (χ2v) is 7.50. The molecular formula is C22H42N2O4. The fraction of sp³-hybridized carbons (Fsp3) is 0.864. The number of hydrogen-bond donors (Lipinski definition) is 2. The van der Waals surface area contributed by atoms with Crippen LogP contribution in [-0.2, 0) is 19.1 Å². The summed E-state index contributed by atoms with van der Waals surface area (Å²) in [5.41, 5.74) is 5.05. The Morgan fingerprint density at radius 2 is 1.18 bits per heavy atom. The van der Waals surface area contributed by atoms with E-state index in [1.807, 2.05) is 0 Å². The number of carbonyl (C=O) groups excluding carboxylic acids is 3. The molecule has 0 unspecified atom stereocenters. The molecule has 0 aromatic heterocycles. The first-order valence-electron chi connectivity index (χ1n) is 11.3. The molecule has 0 saturated heterocycles. The first-order valence-corrected chi connectivity index (χ1v) is 11.3. The van der Waals surface area contributed by atoms with Crippen molar-refractivity contribution in [3.8, 4) is 0 Å². The molecule has 0 bridgehead atoms. The van der Waals surface area contributed by atoms with Crippen molar-refractivity contribution in [2.75, 3.05) is 13.1 Å². The number of carbonyl (C=O) groups is 3. The van der Waals surface area contributed by atoms with E-state index < -0.39 is 11.9 Å². The summed E-state index contributed by atoms with van der Waals surface area (Å²) in [7, 11) is 0. The van der Waals surface area contributed by atoms with E-state index >= 15 is 0 Å². The Morgan fingerprint density at radius 3 is 1.68 bits per heavy atom. The zero-order valence-electron chi connectivity index (χ0n) is 17.9. The smallest absolute Gasteiger partial charge is 0.327 e. The Labute approximate surface area is 171 Å². The van der Waals surface area contributed by atoms with E-state index in [1.54, 1.807) is 0 Å². The van der Waals surface area contributed by atoms with E-state index in [4.69, 9.17) is 5.73 Å². The molecule has 0 saturated carbocycles. The van der Waals surface area contributed by atoms with Crippen LogP contribution in [0.25, 0.3) is 0 Å². The van der Waals surface area contributed by atoms with Gasteiger partial charge in [-0.25, -0.2) is 0 Å². The summed E-state index contributed by atoms with van der Waals surface area (Å²) in [5, 5.41) is 2.79. The molecule has 0 aliphatic heterocycles. The standard InChI is InChI=1S/C22H42N2O4/c1-2-3-4-5-6-7-8-9-10-11-12-13-14-16-20(25)24-18-15-17-21(26)28-22(27)19-23/h2-19,23H2,1H3,(H,24,25). The van der Waals surface area contributed by atoms with E-state index in [-0.39, 0.29) is 18.9 Å². The van der Waals surface area contributed by atoms with Crippen LogP contribution < -0.4 is 11.1 Å². The van der Waals surface area contributed by atoms with Crippen molar-refractivity contribution in [1.29, 1.82) is 0 Å². The first-order chi connectivity index (χ1) is 13.6. The first kappa shape index (κ1) is 26.6. The average molecular weight is 399 g/mol.